The lowest BCUT2D eigenvalue weighted by Crippen LogP contribution is -2.48. The Morgan fingerprint density at radius 3 is 2.51 bits per heavy atom. The highest BCUT2D eigenvalue weighted by Gasteiger charge is 2.27. The van der Waals surface area contributed by atoms with Gasteiger partial charge in [0.05, 0.1) is 17.8 Å². The summed E-state index contributed by atoms with van der Waals surface area (Å²) in [6.45, 7) is 7.30. The van der Waals surface area contributed by atoms with E-state index in [1.165, 1.54) is 16.6 Å². The Labute approximate surface area is 205 Å². The van der Waals surface area contributed by atoms with Crippen LogP contribution in [-0.4, -0.2) is 83.8 Å². The van der Waals surface area contributed by atoms with Gasteiger partial charge in [0.15, 0.2) is 0 Å². The van der Waals surface area contributed by atoms with Crippen LogP contribution in [0.4, 0.5) is 5.69 Å². The molecule has 1 atom stereocenters. The van der Waals surface area contributed by atoms with Crippen LogP contribution in [0.3, 0.4) is 0 Å². The van der Waals surface area contributed by atoms with Crippen molar-refractivity contribution in [1.29, 1.82) is 0 Å². The number of amides is 1. The Hall–Kier alpha value is -3.24. The molecule has 4 heterocycles. The molecule has 2 fully saturated rings. The number of sulfonamides is 1. The highest BCUT2D eigenvalue weighted by Crippen LogP contribution is 2.33. The van der Waals surface area contributed by atoms with Gasteiger partial charge in [-0.3, -0.25) is 14.5 Å². The maximum absolute atomic E-state index is 12.2. The molecule has 1 aromatic carbocycles. The molecule has 0 aliphatic carbocycles. The maximum Gasteiger partial charge on any atom is 0.246 e. The van der Waals surface area contributed by atoms with Crippen LogP contribution in [0.5, 0.6) is 0 Å². The second-order valence-electron chi connectivity index (χ2n) is 9.17. The molecular formula is C25H30N6O3S. The summed E-state index contributed by atoms with van der Waals surface area (Å²) in [5.41, 5.74) is 3.94. The van der Waals surface area contributed by atoms with E-state index in [0.29, 0.717) is 32.7 Å². The number of anilines is 1. The van der Waals surface area contributed by atoms with Gasteiger partial charge in [0.2, 0.25) is 15.9 Å². The molecule has 0 N–H and O–H groups in total. The van der Waals surface area contributed by atoms with E-state index in [-0.39, 0.29) is 11.9 Å². The third kappa shape index (κ3) is 4.68. The average Bonchev–Trinajstić information content (AvgIpc) is 3.28. The zero-order chi connectivity index (χ0) is 24.6. The first-order valence-corrected chi connectivity index (χ1v) is 13.7. The van der Waals surface area contributed by atoms with Crippen LogP contribution in [-0.2, 0) is 14.8 Å². The number of pyridine rings is 1. The summed E-state index contributed by atoms with van der Waals surface area (Å²) in [7, 11) is -3.15. The molecule has 35 heavy (non-hydrogen) atoms. The Morgan fingerprint density at radius 1 is 1.09 bits per heavy atom. The monoisotopic (exact) mass is 494 g/mol. The third-order valence-electron chi connectivity index (χ3n) is 6.95. The largest absolute Gasteiger partial charge is 0.369 e. The van der Waals surface area contributed by atoms with Crippen molar-refractivity contribution in [3.8, 4) is 11.3 Å². The van der Waals surface area contributed by atoms with E-state index in [9.17, 15) is 13.2 Å². The van der Waals surface area contributed by atoms with Gasteiger partial charge in [-0.2, -0.15) is 9.40 Å². The van der Waals surface area contributed by atoms with Crippen LogP contribution < -0.4 is 4.90 Å². The number of aromatic nitrogens is 3. The molecule has 9 nitrogen and oxygen atoms in total. The van der Waals surface area contributed by atoms with Gasteiger partial charge in [0.25, 0.3) is 0 Å². The molecule has 2 aliphatic rings. The smallest absolute Gasteiger partial charge is 0.246 e. The highest BCUT2D eigenvalue weighted by atomic mass is 32.2. The molecule has 0 unspecified atom stereocenters. The fourth-order valence-corrected chi connectivity index (χ4v) is 5.89. The molecule has 1 amide bonds. The van der Waals surface area contributed by atoms with Crippen molar-refractivity contribution in [3.63, 3.8) is 0 Å². The number of benzene rings is 1. The number of likely N-dealkylation sites (tertiary alicyclic amines) is 1. The number of nitrogens with zero attached hydrogens (tertiary/aromatic N) is 6. The summed E-state index contributed by atoms with van der Waals surface area (Å²) in [4.78, 5) is 20.6. The fourth-order valence-electron chi connectivity index (χ4n) is 5.07. The third-order valence-corrected chi connectivity index (χ3v) is 8.25. The highest BCUT2D eigenvalue weighted by molar-refractivity contribution is 7.88. The summed E-state index contributed by atoms with van der Waals surface area (Å²) in [5.74, 6) is -0.0407. The average molecular weight is 495 g/mol. The quantitative estimate of drug-likeness (QED) is 0.506. The second kappa shape index (κ2) is 9.43. The van der Waals surface area contributed by atoms with Crippen molar-refractivity contribution in [2.75, 3.05) is 50.4 Å². The lowest BCUT2D eigenvalue weighted by Gasteiger charge is -2.34. The lowest BCUT2D eigenvalue weighted by atomic mass is 10.1. The number of hydrogen-bond donors (Lipinski definition) is 0. The van der Waals surface area contributed by atoms with E-state index in [2.05, 4.69) is 40.7 Å². The topological polar surface area (TPSA) is 91.6 Å². The Balaban J connectivity index is 1.40. The molecule has 2 saturated heterocycles. The predicted molar refractivity (Wildman–Crippen MR) is 137 cm³/mol. The van der Waals surface area contributed by atoms with E-state index in [4.69, 9.17) is 5.10 Å². The van der Waals surface area contributed by atoms with E-state index in [1.807, 2.05) is 21.8 Å². The molecule has 0 radical (unpaired) electrons. The summed E-state index contributed by atoms with van der Waals surface area (Å²) in [6, 6.07) is 10.3. The van der Waals surface area contributed by atoms with Crippen LogP contribution in [0.2, 0.25) is 0 Å². The van der Waals surface area contributed by atoms with Gasteiger partial charge in [-0.25, -0.2) is 8.42 Å². The Kier molecular flexibility index (Phi) is 6.33. The molecule has 3 aromatic rings. The SMILES string of the molecule is C=CC(=O)N1CCC[C@@H](n2nc(-c3ccc(N4CCN(S(C)(=O)=O)CC4)cc3)c3cnccc32)C1. The predicted octanol–water partition coefficient (Wildman–Crippen LogP) is 2.53. The number of carbonyl (C=O) groups is 1. The van der Waals surface area contributed by atoms with Crippen molar-refractivity contribution >= 4 is 32.5 Å². The van der Waals surface area contributed by atoms with Crippen LogP contribution in [0.25, 0.3) is 22.2 Å². The molecule has 184 valence electrons. The summed E-state index contributed by atoms with van der Waals surface area (Å²) < 4.78 is 27.2. The first-order valence-electron chi connectivity index (χ1n) is 11.9. The van der Waals surface area contributed by atoms with Gasteiger partial charge in [-0.15, -0.1) is 0 Å². The standard InChI is InChI=1S/C25H30N6O3S/c1-3-24(32)29-12-4-5-21(18-29)31-23-10-11-26-17-22(23)25(27-31)19-6-8-20(9-7-19)28-13-15-30(16-14-28)35(2,33)34/h3,6-11,17,21H,1,4-5,12-16,18H2,2H3/t21-/m1/s1. The molecule has 5 rings (SSSR count). The minimum Gasteiger partial charge on any atom is -0.369 e. The normalized spacial score (nSPS) is 19.7. The van der Waals surface area contributed by atoms with Crippen LogP contribution >= 0.6 is 0 Å². The van der Waals surface area contributed by atoms with Crippen molar-refractivity contribution in [2.45, 2.75) is 18.9 Å². The van der Waals surface area contributed by atoms with Gasteiger partial charge in [-0.1, -0.05) is 18.7 Å². The molecule has 0 bridgehead atoms. The van der Waals surface area contributed by atoms with Gasteiger partial charge in [0, 0.05) is 68.3 Å². The van der Waals surface area contributed by atoms with Gasteiger partial charge in [-0.05, 0) is 37.1 Å². The Morgan fingerprint density at radius 2 is 1.83 bits per heavy atom. The van der Waals surface area contributed by atoms with Crippen LogP contribution in [0.1, 0.15) is 18.9 Å². The van der Waals surface area contributed by atoms with Crippen molar-refractivity contribution < 1.29 is 13.2 Å². The number of hydrogen-bond acceptors (Lipinski definition) is 6. The van der Waals surface area contributed by atoms with E-state index in [1.54, 1.807) is 6.20 Å². The fraction of sp³-hybridized carbons (Fsp3) is 0.400. The van der Waals surface area contributed by atoms with Gasteiger partial charge < -0.3 is 9.80 Å². The van der Waals surface area contributed by atoms with Crippen molar-refractivity contribution in [3.05, 3.63) is 55.4 Å². The molecule has 0 spiro atoms. The van der Waals surface area contributed by atoms with Crippen LogP contribution in [0.15, 0.2) is 55.4 Å². The van der Waals surface area contributed by atoms with E-state index < -0.39 is 10.0 Å². The number of carbonyl (C=O) groups excluding carboxylic acids is 1. The van der Waals surface area contributed by atoms with E-state index >= 15 is 0 Å². The minimum atomic E-state index is -3.15. The van der Waals surface area contributed by atoms with Crippen molar-refractivity contribution in [2.24, 2.45) is 0 Å². The maximum atomic E-state index is 12.2. The first kappa shape index (κ1) is 23.5. The van der Waals surface area contributed by atoms with Gasteiger partial charge in [0.1, 0.15) is 5.69 Å². The molecule has 2 aromatic heterocycles. The lowest BCUT2D eigenvalue weighted by molar-refractivity contribution is -0.127. The van der Waals surface area contributed by atoms with Gasteiger partial charge >= 0.3 is 0 Å². The number of piperazine rings is 1. The summed E-state index contributed by atoms with van der Waals surface area (Å²) >= 11 is 0. The zero-order valence-electron chi connectivity index (χ0n) is 19.9. The molecule has 2 aliphatic heterocycles. The molecular weight excluding hydrogens is 464 g/mol. The zero-order valence-corrected chi connectivity index (χ0v) is 20.7. The first-order chi connectivity index (χ1) is 16.8. The number of rotatable bonds is 5. The van der Waals surface area contributed by atoms with Crippen LogP contribution in [0, 0.1) is 0 Å². The second-order valence-corrected chi connectivity index (χ2v) is 11.1. The molecule has 10 heteroatoms. The van der Waals surface area contributed by atoms with Crippen molar-refractivity contribution in [1.82, 2.24) is 24.0 Å². The number of piperidine rings is 1. The Bertz CT molecular complexity index is 1340. The minimum absolute atomic E-state index is 0.0407. The van der Waals surface area contributed by atoms with E-state index in [0.717, 1.165) is 47.2 Å². The molecule has 0 saturated carbocycles. The summed E-state index contributed by atoms with van der Waals surface area (Å²) in [5, 5.41) is 5.99. The number of fused-ring (bicyclic) bond motifs is 1. The summed E-state index contributed by atoms with van der Waals surface area (Å²) in [6.07, 6.45) is 8.14.